The minimum absolute atomic E-state index is 0.0488. The Labute approximate surface area is 269 Å². The first kappa shape index (κ1) is 39.8. The topological polar surface area (TPSA) is 214 Å². The molecule has 2 fully saturated rings. The zero-order chi connectivity index (χ0) is 34.9. The molecule has 0 aromatic carbocycles. The van der Waals surface area contributed by atoms with E-state index in [1.54, 1.807) is 41.5 Å². The number of hydrogen-bond donors (Lipinski definition) is 4. The summed E-state index contributed by atoms with van der Waals surface area (Å²) in [6, 6.07) is 0. The van der Waals surface area contributed by atoms with Crippen molar-refractivity contribution in [3.05, 3.63) is 0 Å². The van der Waals surface area contributed by atoms with Gasteiger partial charge in [-0.05, 0) is 23.7 Å². The van der Waals surface area contributed by atoms with Crippen molar-refractivity contribution in [1.29, 1.82) is 0 Å². The van der Waals surface area contributed by atoms with Gasteiger partial charge in [-0.25, -0.2) is 0 Å². The molecule has 0 saturated carbocycles. The van der Waals surface area contributed by atoms with Crippen LogP contribution in [0.3, 0.4) is 0 Å². The molecule has 0 bridgehead atoms. The lowest BCUT2D eigenvalue weighted by Gasteiger charge is -2.43. The normalized spacial score (nSPS) is 31.4. The average Bonchev–Trinajstić information content (AvgIpc) is 3.16. The Bertz CT molecular complexity index is 1010. The van der Waals surface area contributed by atoms with Crippen LogP contribution in [0.1, 0.15) is 81.1 Å². The van der Waals surface area contributed by atoms with Gasteiger partial charge in [-0.2, -0.15) is 0 Å². The Balaban J connectivity index is 2.68. The fourth-order valence-electron chi connectivity index (χ4n) is 4.83. The van der Waals surface area contributed by atoms with Crippen LogP contribution in [0.4, 0.5) is 0 Å². The summed E-state index contributed by atoms with van der Waals surface area (Å²) in [5, 5.41) is 41.2. The predicted octanol–water partition coefficient (Wildman–Crippen LogP) is 0.950. The van der Waals surface area contributed by atoms with Crippen LogP contribution in [0.2, 0.25) is 0 Å². The Morgan fingerprint density at radius 1 is 0.674 bits per heavy atom. The molecule has 0 spiro atoms. The molecule has 46 heavy (non-hydrogen) atoms. The molecule has 9 atom stereocenters. The summed E-state index contributed by atoms with van der Waals surface area (Å²) in [6.07, 6.45) is -14.2. The van der Waals surface area contributed by atoms with Crippen molar-refractivity contribution in [2.24, 2.45) is 23.7 Å². The van der Waals surface area contributed by atoms with E-state index >= 15 is 0 Å². The zero-order valence-corrected chi connectivity index (χ0v) is 28.0. The third-order valence-corrected chi connectivity index (χ3v) is 6.95. The van der Waals surface area contributed by atoms with Gasteiger partial charge in [0, 0.05) is 25.7 Å². The minimum Gasteiger partial charge on any atom is -0.463 e. The molecule has 266 valence electrons. The van der Waals surface area contributed by atoms with Crippen molar-refractivity contribution in [3.63, 3.8) is 0 Å². The summed E-state index contributed by atoms with van der Waals surface area (Å²) in [5.41, 5.74) is 0. The van der Waals surface area contributed by atoms with Crippen LogP contribution in [0, 0.1) is 23.7 Å². The second-order valence-electron chi connectivity index (χ2n) is 13.5. The van der Waals surface area contributed by atoms with Crippen LogP contribution in [0.25, 0.3) is 0 Å². The number of esters is 4. The Hall–Kier alpha value is -2.40. The molecular formula is C31H52O15. The van der Waals surface area contributed by atoms with E-state index < -0.39 is 92.1 Å². The highest BCUT2D eigenvalue weighted by atomic mass is 16.9. The largest absolute Gasteiger partial charge is 0.463 e. The smallest absolute Gasteiger partial charge is 0.375 e. The predicted molar refractivity (Wildman–Crippen MR) is 157 cm³/mol. The summed E-state index contributed by atoms with van der Waals surface area (Å²) in [7, 11) is 0. The molecule has 4 N–H and O–H groups in total. The fraction of sp³-hybridized carbons (Fsp3) is 0.871. The third-order valence-electron chi connectivity index (χ3n) is 6.95. The van der Waals surface area contributed by atoms with Gasteiger partial charge in [0.1, 0.15) is 37.1 Å². The molecule has 2 saturated heterocycles. The quantitative estimate of drug-likeness (QED) is 0.103. The van der Waals surface area contributed by atoms with E-state index in [9.17, 15) is 39.6 Å². The number of rotatable bonds is 16. The number of aliphatic hydroxyl groups is 4. The summed E-state index contributed by atoms with van der Waals surface area (Å²) >= 11 is 0. The zero-order valence-electron chi connectivity index (χ0n) is 28.0. The summed E-state index contributed by atoms with van der Waals surface area (Å²) < 4.78 is 40.2. The van der Waals surface area contributed by atoms with Crippen LogP contribution in [-0.2, 0) is 52.3 Å². The Morgan fingerprint density at radius 2 is 1.17 bits per heavy atom. The van der Waals surface area contributed by atoms with Crippen LogP contribution >= 0.6 is 0 Å². The maximum absolute atomic E-state index is 13.2. The SMILES string of the molecule is CC(C)CC(=O)OC[C@H]1O[C@@](OC(=O)CC(C)C)(O[C@H]2O[C@H](CO)[C@@H](O)[C@H](O)[C@H]2O)[C@@H](OC(=O)CC(C)C)[C@@H]1OC(=O)CC(C)C. The van der Waals surface area contributed by atoms with Crippen molar-refractivity contribution in [1.82, 2.24) is 0 Å². The van der Waals surface area contributed by atoms with E-state index in [1.807, 2.05) is 13.8 Å². The molecule has 0 amide bonds. The van der Waals surface area contributed by atoms with Gasteiger partial charge in [-0.15, -0.1) is 0 Å². The molecule has 0 radical (unpaired) electrons. The van der Waals surface area contributed by atoms with Gasteiger partial charge in [0.05, 0.1) is 6.61 Å². The third kappa shape index (κ3) is 11.4. The Kier molecular flexibility index (Phi) is 15.3. The molecule has 2 aliphatic heterocycles. The number of carbonyl (C=O) groups excluding carboxylic acids is 4. The van der Waals surface area contributed by atoms with E-state index in [0.717, 1.165) is 0 Å². The lowest BCUT2D eigenvalue weighted by Crippen LogP contribution is -2.63. The number of ether oxygens (including phenoxy) is 7. The fourth-order valence-corrected chi connectivity index (χ4v) is 4.83. The molecule has 0 aromatic heterocycles. The molecule has 0 aliphatic carbocycles. The van der Waals surface area contributed by atoms with Gasteiger partial charge < -0.3 is 48.8 Å². The van der Waals surface area contributed by atoms with Gasteiger partial charge in [-0.3, -0.25) is 23.9 Å². The lowest BCUT2D eigenvalue weighted by atomic mass is 9.99. The van der Waals surface area contributed by atoms with Crippen molar-refractivity contribution < 1.29 is 72.8 Å². The second kappa shape index (κ2) is 17.7. The molecule has 15 heteroatoms. The maximum atomic E-state index is 13.2. The van der Waals surface area contributed by atoms with E-state index in [1.165, 1.54) is 0 Å². The minimum atomic E-state index is -2.79. The molecular weight excluding hydrogens is 612 g/mol. The summed E-state index contributed by atoms with van der Waals surface area (Å²) in [5.74, 6) is -6.45. The number of hydrogen-bond acceptors (Lipinski definition) is 15. The first-order valence-electron chi connectivity index (χ1n) is 15.8. The number of carbonyl (C=O) groups is 4. The van der Waals surface area contributed by atoms with Crippen LogP contribution in [0.5, 0.6) is 0 Å². The lowest BCUT2D eigenvalue weighted by molar-refractivity contribution is -0.441. The standard InChI is InChI=1S/C31H52O15/c1-15(2)9-21(33)40-14-20-28(42-22(34)10-16(3)4)29(43-23(35)11-17(5)6)31(44-20,45-24(36)12-18(7)8)46-30-27(39)26(38)25(37)19(13-32)41-30/h15-20,25-30,32,37-39H,9-14H2,1-8H3/t19-,20-,25-,26+,27-,28-,29+,30-,31+/m1/s1. The van der Waals surface area contributed by atoms with Crippen molar-refractivity contribution in [2.45, 2.75) is 136 Å². The first-order chi connectivity index (χ1) is 21.4. The highest BCUT2D eigenvalue weighted by Gasteiger charge is 2.66. The van der Waals surface area contributed by atoms with Gasteiger partial charge >= 0.3 is 29.9 Å². The van der Waals surface area contributed by atoms with Crippen molar-refractivity contribution >= 4 is 23.9 Å². The van der Waals surface area contributed by atoms with Crippen molar-refractivity contribution in [2.75, 3.05) is 13.2 Å². The van der Waals surface area contributed by atoms with Gasteiger partial charge in [0.25, 0.3) is 0 Å². The van der Waals surface area contributed by atoms with E-state index in [-0.39, 0.29) is 49.4 Å². The maximum Gasteiger partial charge on any atom is 0.375 e. The average molecular weight is 665 g/mol. The van der Waals surface area contributed by atoms with Crippen LogP contribution < -0.4 is 0 Å². The van der Waals surface area contributed by atoms with Gasteiger partial charge in [0.15, 0.2) is 12.4 Å². The molecule has 2 rings (SSSR count). The molecule has 15 nitrogen and oxygen atoms in total. The van der Waals surface area contributed by atoms with Crippen molar-refractivity contribution in [3.8, 4) is 0 Å². The molecule has 0 aromatic rings. The molecule has 0 unspecified atom stereocenters. The monoisotopic (exact) mass is 664 g/mol. The van der Waals surface area contributed by atoms with Crippen LogP contribution in [-0.4, -0.2) is 113 Å². The molecule has 2 heterocycles. The van der Waals surface area contributed by atoms with E-state index in [0.29, 0.717) is 0 Å². The van der Waals surface area contributed by atoms with Gasteiger partial charge in [-0.1, -0.05) is 55.4 Å². The highest BCUT2D eigenvalue weighted by Crippen LogP contribution is 2.41. The van der Waals surface area contributed by atoms with E-state index in [4.69, 9.17) is 33.2 Å². The second-order valence-corrected chi connectivity index (χ2v) is 13.5. The summed E-state index contributed by atoms with van der Waals surface area (Å²) in [6.45, 7) is 12.8. The molecule has 2 aliphatic rings. The number of aliphatic hydroxyl groups excluding tert-OH is 4. The van der Waals surface area contributed by atoms with Gasteiger partial charge in [0.2, 0.25) is 6.10 Å². The summed E-state index contributed by atoms with van der Waals surface area (Å²) in [4.78, 5) is 51.8. The van der Waals surface area contributed by atoms with E-state index in [2.05, 4.69) is 0 Å². The highest BCUT2D eigenvalue weighted by molar-refractivity contribution is 5.72. The van der Waals surface area contributed by atoms with Crippen LogP contribution in [0.15, 0.2) is 0 Å². The Morgan fingerprint density at radius 3 is 1.70 bits per heavy atom. The first-order valence-corrected chi connectivity index (χ1v) is 15.8.